The highest BCUT2D eigenvalue weighted by Gasteiger charge is 2.38. The van der Waals surface area contributed by atoms with E-state index in [1.807, 2.05) is 0 Å². The van der Waals surface area contributed by atoms with Crippen LogP contribution in [0.2, 0.25) is 0 Å². The summed E-state index contributed by atoms with van der Waals surface area (Å²) in [5, 5.41) is 15.7. The number of rotatable bonds is 4. The van der Waals surface area contributed by atoms with E-state index >= 15 is 0 Å². The van der Waals surface area contributed by atoms with Crippen molar-refractivity contribution < 1.29 is 9.90 Å². The van der Waals surface area contributed by atoms with Crippen molar-refractivity contribution in [2.45, 2.75) is 32.6 Å². The van der Waals surface area contributed by atoms with Gasteiger partial charge in [0.25, 0.3) is 0 Å². The van der Waals surface area contributed by atoms with Crippen LogP contribution in [0.1, 0.15) is 32.6 Å². The van der Waals surface area contributed by atoms with Crippen LogP contribution in [-0.4, -0.2) is 24.1 Å². The zero-order valence-electron chi connectivity index (χ0n) is 11.4. The molecule has 1 aliphatic rings. The molecule has 0 saturated carbocycles. The second-order valence-electron chi connectivity index (χ2n) is 5.32. The molecule has 4 nitrogen and oxygen atoms in total. The third kappa shape index (κ3) is 3.26. The molecule has 1 fully saturated rings. The molecule has 1 aliphatic heterocycles. The van der Waals surface area contributed by atoms with Gasteiger partial charge in [-0.25, -0.2) is 0 Å². The lowest BCUT2D eigenvalue weighted by molar-refractivity contribution is -0.127. The number of benzene rings is 1. The molecule has 1 amide bonds. The topological polar surface area (TPSA) is 61.4 Å². The summed E-state index contributed by atoms with van der Waals surface area (Å²) in [5.74, 6) is 0.233. The Bertz CT molecular complexity index is 434. The fourth-order valence-electron chi connectivity index (χ4n) is 2.81. The van der Waals surface area contributed by atoms with E-state index in [1.165, 1.54) is 0 Å². The van der Waals surface area contributed by atoms with E-state index in [9.17, 15) is 9.90 Å². The highest BCUT2D eigenvalue weighted by atomic mass is 16.3. The van der Waals surface area contributed by atoms with Crippen LogP contribution < -0.4 is 10.6 Å². The van der Waals surface area contributed by atoms with E-state index in [2.05, 4.69) is 17.6 Å². The third-order valence-electron chi connectivity index (χ3n) is 3.79. The number of phenolic OH excluding ortho intramolecular Hbond substituents is 1. The van der Waals surface area contributed by atoms with E-state index in [0.29, 0.717) is 5.69 Å². The number of phenols is 1. The molecule has 0 radical (unpaired) electrons. The number of carbonyl (C=O) groups is 1. The highest BCUT2D eigenvalue weighted by Crippen LogP contribution is 2.33. The highest BCUT2D eigenvalue weighted by molar-refractivity contribution is 5.95. The molecule has 1 heterocycles. The quantitative estimate of drug-likeness (QED) is 0.781. The fourth-order valence-corrected chi connectivity index (χ4v) is 2.81. The largest absolute Gasteiger partial charge is 0.508 e. The van der Waals surface area contributed by atoms with Crippen LogP contribution in [0, 0.1) is 5.41 Å². The predicted molar refractivity (Wildman–Crippen MR) is 76.2 cm³/mol. The van der Waals surface area contributed by atoms with Gasteiger partial charge in [-0.2, -0.15) is 0 Å². The number of hydrogen-bond acceptors (Lipinski definition) is 3. The summed E-state index contributed by atoms with van der Waals surface area (Å²) in [5.41, 5.74) is 0.351. The number of aromatic hydroxyl groups is 1. The van der Waals surface area contributed by atoms with Gasteiger partial charge >= 0.3 is 0 Å². The molecular weight excluding hydrogens is 240 g/mol. The Morgan fingerprint density at radius 3 is 3.00 bits per heavy atom. The van der Waals surface area contributed by atoms with E-state index < -0.39 is 0 Å². The molecule has 104 valence electrons. The van der Waals surface area contributed by atoms with Gasteiger partial charge in [-0.3, -0.25) is 4.79 Å². The first-order valence-electron chi connectivity index (χ1n) is 6.97. The normalized spacial score (nSPS) is 23.0. The average molecular weight is 262 g/mol. The summed E-state index contributed by atoms with van der Waals surface area (Å²) in [6, 6.07) is 6.71. The maximum atomic E-state index is 12.6. The lowest BCUT2D eigenvalue weighted by Gasteiger charge is -2.36. The van der Waals surface area contributed by atoms with Crippen LogP contribution in [-0.2, 0) is 4.79 Å². The number of amides is 1. The molecule has 0 spiro atoms. The first kappa shape index (κ1) is 13.9. The Labute approximate surface area is 114 Å². The number of carbonyl (C=O) groups excluding carboxylic acids is 1. The predicted octanol–water partition coefficient (Wildman–Crippen LogP) is 2.50. The van der Waals surface area contributed by atoms with Crippen molar-refractivity contribution in [3.8, 4) is 5.75 Å². The van der Waals surface area contributed by atoms with Crippen molar-refractivity contribution in [2.75, 3.05) is 18.4 Å². The van der Waals surface area contributed by atoms with Gasteiger partial charge in [-0.15, -0.1) is 0 Å². The summed E-state index contributed by atoms with van der Waals surface area (Å²) in [7, 11) is 0. The molecule has 1 aromatic carbocycles. The Morgan fingerprint density at radius 1 is 1.53 bits per heavy atom. The standard InChI is InChI=1S/C15H22N2O2/c1-2-7-15(8-4-9-16-11-15)14(19)17-12-5-3-6-13(18)10-12/h3,5-6,10,16,18H,2,4,7-9,11H2,1H3,(H,17,19). The summed E-state index contributed by atoms with van der Waals surface area (Å²) >= 11 is 0. The Kier molecular flexibility index (Phi) is 4.43. The van der Waals surface area contributed by atoms with Crippen molar-refractivity contribution in [1.82, 2.24) is 5.32 Å². The summed E-state index contributed by atoms with van der Waals surface area (Å²) in [6.45, 7) is 3.84. The number of anilines is 1. The van der Waals surface area contributed by atoms with Crippen LogP contribution in [0.4, 0.5) is 5.69 Å². The lowest BCUT2D eigenvalue weighted by Crippen LogP contribution is -2.48. The fraction of sp³-hybridized carbons (Fsp3) is 0.533. The van der Waals surface area contributed by atoms with Gasteiger partial charge in [-0.1, -0.05) is 19.4 Å². The van der Waals surface area contributed by atoms with Gasteiger partial charge < -0.3 is 15.7 Å². The van der Waals surface area contributed by atoms with Crippen molar-refractivity contribution in [2.24, 2.45) is 5.41 Å². The van der Waals surface area contributed by atoms with Gasteiger partial charge in [0.05, 0.1) is 5.41 Å². The van der Waals surface area contributed by atoms with Crippen LogP contribution in [0.5, 0.6) is 5.75 Å². The van der Waals surface area contributed by atoms with Gasteiger partial charge in [0.15, 0.2) is 0 Å². The monoisotopic (exact) mass is 262 g/mol. The number of nitrogens with one attached hydrogen (secondary N) is 2. The molecule has 1 unspecified atom stereocenters. The van der Waals surface area contributed by atoms with E-state index in [0.717, 1.165) is 38.8 Å². The van der Waals surface area contributed by atoms with Gasteiger partial charge in [-0.05, 0) is 37.9 Å². The molecule has 4 heteroatoms. The van der Waals surface area contributed by atoms with E-state index in [-0.39, 0.29) is 17.1 Å². The minimum Gasteiger partial charge on any atom is -0.508 e. The van der Waals surface area contributed by atoms with Crippen molar-refractivity contribution >= 4 is 11.6 Å². The van der Waals surface area contributed by atoms with Crippen molar-refractivity contribution in [3.05, 3.63) is 24.3 Å². The van der Waals surface area contributed by atoms with Crippen molar-refractivity contribution in [3.63, 3.8) is 0 Å². The first-order valence-corrected chi connectivity index (χ1v) is 6.97. The molecule has 0 bridgehead atoms. The molecule has 1 atom stereocenters. The zero-order chi connectivity index (χ0) is 13.7. The zero-order valence-corrected chi connectivity index (χ0v) is 11.4. The number of hydrogen-bond donors (Lipinski definition) is 3. The summed E-state index contributed by atoms with van der Waals surface area (Å²) in [4.78, 5) is 12.6. The van der Waals surface area contributed by atoms with Gasteiger partial charge in [0, 0.05) is 18.3 Å². The SMILES string of the molecule is CCCC1(C(=O)Nc2cccc(O)c2)CCCNC1. The minimum atomic E-state index is -0.307. The number of piperidine rings is 1. The molecular formula is C15H22N2O2. The second-order valence-corrected chi connectivity index (χ2v) is 5.32. The molecule has 1 aromatic rings. The maximum absolute atomic E-state index is 12.6. The van der Waals surface area contributed by atoms with Gasteiger partial charge in [0.1, 0.15) is 5.75 Å². The molecule has 2 rings (SSSR count). The maximum Gasteiger partial charge on any atom is 0.231 e. The third-order valence-corrected chi connectivity index (χ3v) is 3.79. The van der Waals surface area contributed by atoms with E-state index in [4.69, 9.17) is 0 Å². The lowest BCUT2D eigenvalue weighted by atomic mass is 9.76. The Balaban J connectivity index is 2.11. The van der Waals surface area contributed by atoms with Crippen molar-refractivity contribution in [1.29, 1.82) is 0 Å². The molecule has 0 aliphatic carbocycles. The van der Waals surface area contributed by atoms with E-state index in [1.54, 1.807) is 24.3 Å². The van der Waals surface area contributed by atoms with Crippen LogP contribution >= 0.6 is 0 Å². The Morgan fingerprint density at radius 2 is 2.37 bits per heavy atom. The van der Waals surface area contributed by atoms with Crippen LogP contribution in [0.15, 0.2) is 24.3 Å². The summed E-state index contributed by atoms with van der Waals surface area (Å²) < 4.78 is 0. The molecule has 19 heavy (non-hydrogen) atoms. The second kappa shape index (κ2) is 6.06. The smallest absolute Gasteiger partial charge is 0.231 e. The Hall–Kier alpha value is -1.55. The minimum absolute atomic E-state index is 0.0622. The van der Waals surface area contributed by atoms with Crippen LogP contribution in [0.25, 0.3) is 0 Å². The molecule has 0 aromatic heterocycles. The molecule has 1 saturated heterocycles. The van der Waals surface area contributed by atoms with Gasteiger partial charge in [0.2, 0.25) is 5.91 Å². The van der Waals surface area contributed by atoms with Crippen LogP contribution in [0.3, 0.4) is 0 Å². The first-order chi connectivity index (χ1) is 9.16. The molecule has 3 N–H and O–H groups in total. The summed E-state index contributed by atoms with van der Waals surface area (Å²) in [6.07, 6.45) is 3.85. The average Bonchev–Trinajstić information content (AvgIpc) is 2.40.